The molecule has 0 saturated carbocycles. The quantitative estimate of drug-likeness (QED) is 0.644. The molecule has 0 atom stereocenters. The SMILES string of the molecule is CC(C)(C)OC(N)=O.CCBr. The number of halogens is 1. The van der Waals surface area contributed by atoms with E-state index in [2.05, 4.69) is 20.7 Å². The molecule has 1 amide bonds. The van der Waals surface area contributed by atoms with Crippen molar-refractivity contribution < 1.29 is 9.53 Å². The van der Waals surface area contributed by atoms with E-state index in [0.29, 0.717) is 0 Å². The van der Waals surface area contributed by atoms with Crippen LogP contribution in [-0.4, -0.2) is 17.0 Å². The van der Waals surface area contributed by atoms with E-state index in [1.807, 2.05) is 6.92 Å². The molecule has 0 rings (SSSR count). The first-order valence-electron chi connectivity index (χ1n) is 3.38. The number of carbonyl (C=O) groups is 1. The zero-order valence-corrected chi connectivity index (χ0v) is 9.06. The standard InChI is InChI=1S/C5H11NO2.C2H5Br/c1-5(2,3)8-4(6)7;1-2-3/h1-3H3,(H2,6,7);2H2,1H3. The van der Waals surface area contributed by atoms with Crippen molar-refractivity contribution in [2.45, 2.75) is 33.3 Å². The molecule has 0 aliphatic rings. The second kappa shape index (κ2) is 6.46. The van der Waals surface area contributed by atoms with Crippen molar-refractivity contribution in [1.29, 1.82) is 0 Å². The topological polar surface area (TPSA) is 52.3 Å². The van der Waals surface area contributed by atoms with Gasteiger partial charge in [-0.2, -0.15) is 0 Å². The van der Waals surface area contributed by atoms with Gasteiger partial charge in [-0.05, 0) is 20.8 Å². The normalized spacial score (nSPS) is 9.55. The van der Waals surface area contributed by atoms with Gasteiger partial charge in [0.05, 0.1) is 0 Å². The van der Waals surface area contributed by atoms with Gasteiger partial charge in [-0.3, -0.25) is 0 Å². The third-order valence-electron chi connectivity index (χ3n) is 0.407. The molecular weight excluding hydrogens is 210 g/mol. The van der Waals surface area contributed by atoms with Crippen molar-refractivity contribution in [3.63, 3.8) is 0 Å². The number of nitrogens with two attached hydrogens (primary N) is 1. The largest absolute Gasteiger partial charge is 0.444 e. The Kier molecular flexibility index (Phi) is 7.84. The number of amides is 1. The number of carbonyl (C=O) groups excluding carboxylic acids is 1. The summed E-state index contributed by atoms with van der Waals surface area (Å²) in [5.41, 5.74) is 4.26. The highest BCUT2D eigenvalue weighted by molar-refractivity contribution is 9.09. The number of hydrogen-bond acceptors (Lipinski definition) is 2. The van der Waals surface area contributed by atoms with Crippen molar-refractivity contribution >= 4 is 22.0 Å². The Morgan fingerprint density at radius 3 is 1.82 bits per heavy atom. The Hall–Kier alpha value is -0.250. The van der Waals surface area contributed by atoms with Gasteiger partial charge in [0.2, 0.25) is 0 Å². The Morgan fingerprint density at radius 2 is 1.82 bits per heavy atom. The highest BCUT2D eigenvalue weighted by Crippen LogP contribution is 2.04. The third-order valence-corrected chi connectivity index (χ3v) is 0.407. The number of hydrogen-bond donors (Lipinski definition) is 1. The summed E-state index contributed by atoms with van der Waals surface area (Å²) < 4.78 is 4.58. The van der Waals surface area contributed by atoms with Crippen LogP contribution < -0.4 is 5.73 Å². The van der Waals surface area contributed by atoms with Gasteiger partial charge in [-0.15, -0.1) is 0 Å². The minimum absolute atomic E-state index is 0.453. The molecule has 0 bridgehead atoms. The van der Waals surface area contributed by atoms with E-state index in [9.17, 15) is 4.79 Å². The van der Waals surface area contributed by atoms with Crippen molar-refractivity contribution in [2.75, 3.05) is 5.33 Å². The lowest BCUT2D eigenvalue weighted by molar-refractivity contribution is 0.0600. The average molecular weight is 226 g/mol. The zero-order valence-electron chi connectivity index (χ0n) is 7.48. The van der Waals surface area contributed by atoms with E-state index in [0.717, 1.165) is 5.33 Å². The molecule has 3 nitrogen and oxygen atoms in total. The van der Waals surface area contributed by atoms with Gasteiger partial charge in [0.15, 0.2) is 0 Å². The summed E-state index contributed by atoms with van der Waals surface area (Å²) >= 11 is 3.15. The summed E-state index contributed by atoms with van der Waals surface area (Å²) in [6.07, 6.45) is -0.725. The molecule has 0 fully saturated rings. The average Bonchev–Trinajstić information content (AvgIpc) is 1.57. The molecule has 2 N–H and O–H groups in total. The predicted molar refractivity (Wildman–Crippen MR) is 49.9 cm³/mol. The van der Waals surface area contributed by atoms with Gasteiger partial charge < -0.3 is 10.5 Å². The molecule has 0 spiro atoms. The van der Waals surface area contributed by atoms with E-state index in [4.69, 9.17) is 5.73 Å². The van der Waals surface area contributed by atoms with E-state index in [-0.39, 0.29) is 0 Å². The van der Waals surface area contributed by atoms with E-state index < -0.39 is 11.7 Å². The minimum Gasteiger partial charge on any atom is -0.444 e. The molecule has 11 heavy (non-hydrogen) atoms. The van der Waals surface area contributed by atoms with Crippen LogP contribution in [0.1, 0.15) is 27.7 Å². The summed E-state index contributed by atoms with van der Waals surface area (Å²) in [6.45, 7) is 7.33. The van der Waals surface area contributed by atoms with Crippen LogP contribution in [0.4, 0.5) is 4.79 Å². The van der Waals surface area contributed by atoms with Gasteiger partial charge in [0.1, 0.15) is 5.60 Å². The summed E-state index contributed by atoms with van der Waals surface area (Å²) in [7, 11) is 0. The molecule has 0 saturated heterocycles. The van der Waals surface area contributed by atoms with Crippen LogP contribution in [0.3, 0.4) is 0 Å². The molecule has 0 heterocycles. The first-order chi connectivity index (χ1) is 4.83. The Bertz CT molecular complexity index is 109. The maximum atomic E-state index is 10.0. The molecular formula is C7H16BrNO2. The lowest BCUT2D eigenvalue weighted by Crippen LogP contribution is -2.27. The lowest BCUT2D eigenvalue weighted by Gasteiger charge is -2.16. The monoisotopic (exact) mass is 225 g/mol. The molecule has 0 aromatic heterocycles. The first-order valence-corrected chi connectivity index (χ1v) is 4.50. The fourth-order valence-corrected chi connectivity index (χ4v) is 0.302. The molecule has 68 valence electrons. The van der Waals surface area contributed by atoms with Crippen LogP contribution in [0, 0.1) is 0 Å². The number of alkyl halides is 1. The summed E-state index contributed by atoms with van der Waals surface area (Å²) in [5, 5.41) is 1.06. The van der Waals surface area contributed by atoms with Crippen LogP contribution in [0.15, 0.2) is 0 Å². The predicted octanol–water partition coefficient (Wildman–Crippen LogP) is 2.28. The molecule has 0 aliphatic carbocycles. The minimum atomic E-state index is -0.725. The van der Waals surface area contributed by atoms with Crippen molar-refractivity contribution in [3.8, 4) is 0 Å². The van der Waals surface area contributed by atoms with Crippen molar-refractivity contribution in [2.24, 2.45) is 5.73 Å². The molecule has 0 radical (unpaired) electrons. The molecule has 4 heteroatoms. The van der Waals surface area contributed by atoms with Crippen LogP contribution in [0.5, 0.6) is 0 Å². The van der Waals surface area contributed by atoms with E-state index >= 15 is 0 Å². The van der Waals surface area contributed by atoms with Gasteiger partial charge in [-0.25, -0.2) is 4.79 Å². The Balaban J connectivity index is 0. The number of primary amides is 1. The van der Waals surface area contributed by atoms with Crippen LogP contribution in [-0.2, 0) is 4.74 Å². The van der Waals surface area contributed by atoms with Crippen LogP contribution in [0.2, 0.25) is 0 Å². The van der Waals surface area contributed by atoms with Crippen molar-refractivity contribution in [3.05, 3.63) is 0 Å². The maximum Gasteiger partial charge on any atom is 0.405 e. The molecule has 0 aromatic rings. The van der Waals surface area contributed by atoms with E-state index in [1.54, 1.807) is 20.8 Å². The summed E-state index contributed by atoms with van der Waals surface area (Å²) in [4.78, 5) is 10.0. The Labute approximate surface area is 76.4 Å². The maximum absolute atomic E-state index is 10.0. The highest BCUT2D eigenvalue weighted by Gasteiger charge is 2.12. The summed E-state index contributed by atoms with van der Waals surface area (Å²) in [6, 6.07) is 0. The van der Waals surface area contributed by atoms with Gasteiger partial charge in [0, 0.05) is 5.33 Å². The second-order valence-electron chi connectivity index (χ2n) is 2.80. The zero-order chi connectivity index (χ0) is 9.49. The van der Waals surface area contributed by atoms with E-state index in [1.165, 1.54) is 0 Å². The fraction of sp³-hybridized carbons (Fsp3) is 0.857. The molecule has 0 aromatic carbocycles. The number of ether oxygens (including phenoxy) is 1. The van der Waals surface area contributed by atoms with Crippen molar-refractivity contribution in [1.82, 2.24) is 0 Å². The van der Waals surface area contributed by atoms with Crippen LogP contribution >= 0.6 is 15.9 Å². The molecule has 0 unspecified atom stereocenters. The number of rotatable bonds is 0. The van der Waals surface area contributed by atoms with Gasteiger partial charge in [-0.1, -0.05) is 22.9 Å². The highest BCUT2D eigenvalue weighted by atomic mass is 79.9. The van der Waals surface area contributed by atoms with Crippen LogP contribution in [0.25, 0.3) is 0 Å². The smallest absolute Gasteiger partial charge is 0.405 e. The second-order valence-corrected chi connectivity index (χ2v) is 3.92. The Morgan fingerprint density at radius 1 is 1.55 bits per heavy atom. The first kappa shape index (κ1) is 13.3. The summed E-state index contributed by atoms with van der Waals surface area (Å²) in [5.74, 6) is 0. The lowest BCUT2D eigenvalue weighted by atomic mass is 10.2. The third kappa shape index (κ3) is 26.0. The fourth-order valence-electron chi connectivity index (χ4n) is 0.302. The van der Waals surface area contributed by atoms with Gasteiger partial charge >= 0.3 is 6.09 Å². The van der Waals surface area contributed by atoms with Gasteiger partial charge in [0.25, 0.3) is 0 Å². The molecule has 0 aliphatic heterocycles.